The van der Waals surface area contributed by atoms with Gasteiger partial charge in [-0.25, -0.2) is 4.39 Å². The molecule has 1 aliphatic rings. The fraction of sp³-hybridized carbons (Fsp3) is 0.500. The van der Waals surface area contributed by atoms with Gasteiger partial charge in [0.2, 0.25) is 0 Å². The first kappa shape index (κ1) is 10.6. The van der Waals surface area contributed by atoms with Crippen LogP contribution in [0.4, 0.5) is 4.39 Å². The average Bonchev–Trinajstić information content (AvgIpc) is 2.17. The van der Waals surface area contributed by atoms with Gasteiger partial charge in [0.15, 0.2) is 0 Å². The Kier molecular flexibility index (Phi) is 3.03. The summed E-state index contributed by atoms with van der Waals surface area (Å²) in [6, 6.07) is 4.99. The van der Waals surface area contributed by atoms with Crippen LogP contribution in [0.1, 0.15) is 30.1 Å². The molecule has 82 valence electrons. The first-order valence-electron chi connectivity index (χ1n) is 5.23. The van der Waals surface area contributed by atoms with E-state index in [1.54, 1.807) is 6.07 Å². The minimum Gasteiger partial charge on any atom is -0.393 e. The summed E-state index contributed by atoms with van der Waals surface area (Å²) >= 11 is 0. The van der Waals surface area contributed by atoms with Crippen molar-refractivity contribution < 1.29 is 14.2 Å². The minimum absolute atomic E-state index is 0.242. The van der Waals surface area contributed by atoms with Gasteiger partial charge in [-0.05, 0) is 25.0 Å². The zero-order chi connectivity index (χ0) is 10.8. The molecule has 1 aromatic rings. The quantitative estimate of drug-likeness (QED) is 0.771. The largest absolute Gasteiger partial charge is 0.393 e. The smallest absolute Gasteiger partial charge is 0.129 e. The third kappa shape index (κ3) is 2.19. The highest BCUT2D eigenvalue weighted by molar-refractivity contribution is 5.29. The van der Waals surface area contributed by atoms with E-state index in [0.717, 1.165) is 5.56 Å². The Morgan fingerprint density at radius 1 is 1.47 bits per heavy atom. The van der Waals surface area contributed by atoms with E-state index in [1.807, 2.05) is 13.0 Å². The second-order valence-electron chi connectivity index (χ2n) is 4.01. The second-order valence-corrected chi connectivity index (χ2v) is 4.01. The predicted molar refractivity (Wildman–Crippen MR) is 55.1 cm³/mol. The van der Waals surface area contributed by atoms with E-state index >= 15 is 0 Å². The van der Waals surface area contributed by atoms with Crippen LogP contribution in [0, 0.1) is 12.7 Å². The van der Waals surface area contributed by atoms with Gasteiger partial charge in [0.05, 0.1) is 12.2 Å². The maximum atomic E-state index is 13.6. The Hall–Kier alpha value is -0.930. The topological polar surface area (TPSA) is 29.5 Å². The summed E-state index contributed by atoms with van der Waals surface area (Å²) in [6.45, 7) is 2.36. The molecule has 3 heteroatoms. The predicted octanol–water partition coefficient (Wildman–Crippen LogP) is 2.35. The minimum atomic E-state index is -0.372. The number of hydrogen-bond acceptors (Lipinski definition) is 2. The van der Waals surface area contributed by atoms with Crippen molar-refractivity contribution in [1.29, 1.82) is 0 Å². The fourth-order valence-corrected chi connectivity index (χ4v) is 2.03. The summed E-state index contributed by atoms with van der Waals surface area (Å²) in [5, 5.41) is 9.52. The molecular formula is C12H15FO2. The standard InChI is InChI=1S/C12H15FO2/c1-8-3-2-4-10(13)12(8)11-7-9(14)5-6-15-11/h2-4,9,11,14H,5-7H2,1H3. The van der Waals surface area contributed by atoms with Gasteiger partial charge in [-0.15, -0.1) is 0 Å². The number of benzene rings is 1. The fourth-order valence-electron chi connectivity index (χ4n) is 2.03. The molecule has 2 nitrogen and oxygen atoms in total. The van der Waals surface area contributed by atoms with Gasteiger partial charge in [0.25, 0.3) is 0 Å². The van der Waals surface area contributed by atoms with E-state index in [0.29, 0.717) is 25.0 Å². The van der Waals surface area contributed by atoms with Crippen LogP contribution >= 0.6 is 0 Å². The van der Waals surface area contributed by atoms with Crippen molar-refractivity contribution in [3.63, 3.8) is 0 Å². The lowest BCUT2D eigenvalue weighted by Gasteiger charge is -2.28. The van der Waals surface area contributed by atoms with Gasteiger partial charge in [-0.3, -0.25) is 0 Å². The molecule has 2 rings (SSSR count). The lowest BCUT2D eigenvalue weighted by Crippen LogP contribution is -2.24. The molecule has 1 heterocycles. The van der Waals surface area contributed by atoms with E-state index < -0.39 is 0 Å². The maximum Gasteiger partial charge on any atom is 0.129 e. The highest BCUT2D eigenvalue weighted by Crippen LogP contribution is 2.31. The molecule has 0 aliphatic carbocycles. The molecule has 1 fully saturated rings. The summed E-state index contributed by atoms with van der Waals surface area (Å²) in [6.07, 6.45) is 0.462. The van der Waals surface area contributed by atoms with E-state index in [9.17, 15) is 9.50 Å². The molecule has 1 aliphatic heterocycles. The highest BCUT2D eigenvalue weighted by Gasteiger charge is 2.25. The summed E-state index contributed by atoms with van der Waals surface area (Å²) in [4.78, 5) is 0. The maximum absolute atomic E-state index is 13.6. The van der Waals surface area contributed by atoms with Crippen LogP contribution in [0.5, 0.6) is 0 Å². The second kappa shape index (κ2) is 4.29. The van der Waals surface area contributed by atoms with Crippen molar-refractivity contribution in [2.45, 2.75) is 32.0 Å². The number of aliphatic hydroxyl groups excluding tert-OH is 1. The van der Waals surface area contributed by atoms with Crippen LogP contribution in [0.25, 0.3) is 0 Å². The molecule has 2 atom stereocenters. The molecule has 1 saturated heterocycles. The summed E-state index contributed by atoms with van der Waals surface area (Å²) < 4.78 is 19.1. The van der Waals surface area contributed by atoms with E-state index in [2.05, 4.69) is 0 Å². The molecule has 1 aromatic carbocycles. The van der Waals surface area contributed by atoms with Crippen molar-refractivity contribution in [2.24, 2.45) is 0 Å². The number of rotatable bonds is 1. The number of hydrogen-bond donors (Lipinski definition) is 1. The number of ether oxygens (including phenoxy) is 1. The molecule has 0 spiro atoms. The Morgan fingerprint density at radius 2 is 2.27 bits per heavy atom. The van der Waals surface area contributed by atoms with Crippen molar-refractivity contribution >= 4 is 0 Å². The Balaban J connectivity index is 2.28. The number of aliphatic hydroxyl groups is 1. The van der Waals surface area contributed by atoms with Crippen molar-refractivity contribution in [3.8, 4) is 0 Å². The molecule has 0 bridgehead atoms. The zero-order valence-corrected chi connectivity index (χ0v) is 8.74. The van der Waals surface area contributed by atoms with Crippen molar-refractivity contribution in [1.82, 2.24) is 0 Å². The first-order valence-corrected chi connectivity index (χ1v) is 5.23. The van der Waals surface area contributed by atoms with Crippen LogP contribution in [0.15, 0.2) is 18.2 Å². The summed E-state index contributed by atoms with van der Waals surface area (Å²) in [5.74, 6) is -0.242. The van der Waals surface area contributed by atoms with Gasteiger partial charge in [0.1, 0.15) is 5.82 Å². The molecule has 0 aromatic heterocycles. The van der Waals surface area contributed by atoms with Crippen molar-refractivity contribution in [3.05, 3.63) is 35.1 Å². The normalized spacial score (nSPS) is 26.6. The molecule has 0 saturated carbocycles. The highest BCUT2D eigenvalue weighted by atomic mass is 19.1. The molecule has 0 radical (unpaired) electrons. The third-order valence-corrected chi connectivity index (χ3v) is 2.85. The van der Waals surface area contributed by atoms with Crippen LogP contribution < -0.4 is 0 Å². The van der Waals surface area contributed by atoms with Crippen LogP contribution in [0.3, 0.4) is 0 Å². The summed E-state index contributed by atoms with van der Waals surface area (Å²) in [7, 11) is 0. The van der Waals surface area contributed by atoms with Crippen molar-refractivity contribution in [2.75, 3.05) is 6.61 Å². The van der Waals surface area contributed by atoms with E-state index in [4.69, 9.17) is 4.74 Å². The molecule has 1 N–H and O–H groups in total. The van der Waals surface area contributed by atoms with Gasteiger partial charge < -0.3 is 9.84 Å². The van der Waals surface area contributed by atoms with Gasteiger partial charge >= 0.3 is 0 Å². The van der Waals surface area contributed by atoms with E-state index in [1.165, 1.54) is 6.07 Å². The van der Waals surface area contributed by atoms with E-state index in [-0.39, 0.29) is 18.0 Å². The van der Waals surface area contributed by atoms with Crippen LogP contribution in [-0.4, -0.2) is 17.8 Å². The molecule has 0 amide bonds. The SMILES string of the molecule is Cc1cccc(F)c1C1CC(O)CCO1. The monoisotopic (exact) mass is 210 g/mol. The zero-order valence-electron chi connectivity index (χ0n) is 8.74. The van der Waals surface area contributed by atoms with Crippen LogP contribution in [0.2, 0.25) is 0 Å². The Labute approximate surface area is 88.7 Å². The Bertz CT molecular complexity index is 331. The van der Waals surface area contributed by atoms with Crippen LogP contribution in [-0.2, 0) is 4.74 Å². The lowest BCUT2D eigenvalue weighted by molar-refractivity contribution is -0.0464. The lowest BCUT2D eigenvalue weighted by atomic mass is 9.95. The molecule has 2 unspecified atom stereocenters. The average molecular weight is 210 g/mol. The third-order valence-electron chi connectivity index (χ3n) is 2.85. The van der Waals surface area contributed by atoms with Gasteiger partial charge in [-0.1, -0.05) is 12.1 Å². The number of aryl methyl sites for hydroxylation is 1. The first-order chi connectivity index (χ1) is 7.18. The molecular weight excluding hydrogens is 195 g/mol. The molecule has 15 heavy (non-hydrogen) atoms. The number of halogens is 1. The summed E-state index contributed by atoms with van der Waals surface area (Å²) in [5.41, 5.74) is 1.48. The van der Waals surface area contributed by atoms with Gasteiger partial charge in [0, 0.05) is 18.6 Å². The van der Waals surface area contributed by atoms with Gasteiger partial charge in [-0.2, -0.15) is 0 Å². The Morgan fingerprint density at radius 3 is 2.93 bits per heavy atom.